The zero-order chi connectivity index (χ0) is 12.8. The third-order valence-corrected chi connectivity index (χ3v) is 3.21. The molecule has 4 heteroatoms. The number of hydrogen-bond donors (Lipinski definition) is 1. The van der Waals surface area contributed by atoms with E-state index in [1.807, 2.05) is 18.2 Å². The Balaban J connectivity index is 1.65. The minimum Gasteiger partial charge on any atom is -0.376 e. The number of likely N-dealkylation sites (tertiary alicyclic amines) is 1. The molecule has 4 nitrogen and oxygen atoms in total. The molecule has 2 rings (SSSR count). The van der Waals surface area contributed by atoms with Gasteiger partial charge in [0, 0.05) is 6.54 Å². The molecule has 0 radical (unpaired) electrons. The summed E-state index contributed by atoms with van der Waals surface area (Å²) in [7, 11) is 0. The molecule has 1 aromatic rings. The number of carbonyl (C=O) groups excluding carboxylic acids is 1. The molecular weight excluding hydrogens is 228 g/mol. The first-order valence-electron chi connectivity index (χ1n) is 6.36. The van der Waals surface area contributed by atoms with Gasteiger partial charge in [-0.1, -0.05) is 30.3 Å². The van der Waals surface area contributed by atoms with Gasteiger partial charge in [-0.25, -0.2) is 0 Å². The number of carbonyl (C=O) groups is 1. The van der Waals surface area contributed by atoms with Gasteiger partial charge in [0.2, 0.25) is 5.91 Å². The van der Waals surface area contributed by atoms with Gasteiger partial charge in [0.1, 0.15) is 0 Å². The van der Waals surface area contributed by atoms with Crippen molar-refractivity contribution in [3.05, 3.63) is 35.9 Å². The third kappa shape index (κ3) is 4.13. The monoisotopic (exact) mass is 248 g/mol. The first kappa shape index (κ1) is 13.1. The highest BCUT2D eigenvalue weighted by molar-refractivity contribution is 5.75. The normalized spacial score (nSPS) is 20.1. The highest BCUT2D eigenvalue weighted by Gasteiger charge is 2.23. The molecule has 0 aliphatic carbocycles. The number of benzene rings is 1. The lowest BCUT2D eigenvalue weighted by atomic mass is 10.1. The lowest BCUT2D eigenvalue weighted by Gasteiger charge is -2.13. The van der Waals surface area contributed by atoms with Gasteiger partial charge in [-0.2, -0.15) is 0 Å². The molecule has 0 aromatic heterocycles. The van der Waals surface area contributed by atoms with E-state index in [0.29, 0.717) is 19.1 Å². The average molecular weight is 248 g/mol. The molecule has 2 N–H and O–H groups in total. The maximum absolute atomic E-state index is 10.8. The molecule has 1 fully saturated rings. The molecule has 1 saturated heterocycles. The van der Waals surface area contributed by atoms with Gasteiger partial charge in [0.25, 0.3) is 0 Å². The van der Waals surface area contributed by atoms with Gasteiger partial charge < -0.3 is 10.5 Å². The van der Waals surface area contributed by atoms with E-state index in [1.54, 1.807) is 0 Å². The summed E-state index contributed by atoms with van der Waals surface area (Å²) in [5, 5.41) is 0. The van der Waals surface area contributed by atoms with Crippen LogP contribution in [-0.2, 0) is 16.1 Å². The number of nitrogens with zero attached hydrogens (tertiary/aromatic N) is 1. The average Bonchev–Trinajstić information content (AvgIpc) is 2.77. The summed E-state index contributed by atoms with van der Waals surface area (Å²) >= 11 is 0. The predicted octanol–water partition coefficient (Wildman–Crippen LogP) is 1.01. The van der Waals surface area contributed by atoms with Crippen molar-refractivity contribution in [2.75, 3.05) is 26.2 Å². The second-order valence-electron chi connectivity index (χ2n) is 4.86. The minimum absolute atomic E-state index is 0.249. The largest absolute Gasteiger partial charge is 0.376 e. The number of hydrogen-bond acceptors (Lipinski definition) is 3. The van der Waals surface area contributed by atoms with E-state index < -0.39 is 0 Å². The maximum Gasteiger partial charge on any atom is 0.231 e. The van der Waals surface area contributed by atoms with Crippen LogP contribution in [0.3, 0.4) is 0 Å². The van der Waals surface area contributed by atoms with Crippen LogP contribution in [0.1, 0.15) is 12.0 Å². The number of nitrogens with two attached hydrogens (primary N) is 1. The van der Waals surface area contributed by atoms with Crippen LogP contribution in [0.4, 0.5) is 0 Å². The molecular formula is C14H20N2O2. The summed E-state index contributed by atoms with van der Waals surface area (Å²) < 4.78 is 5.71. The standard InChI is InChI=1S/C14H20N2O2/c15-14(17)9-16-7-6-13(8-16)11-18-10-12-4-2-1-3-5-12/h1-5,13H,6-11H2,(H2,15,17). The van der Waals surface area contributed by atoms with E-state index in [0.717, 1.165) is 26.1 Å². The van der Waals surface area contributed by atoms with Crippen molar-refractivity contribution in [3.63, 3.8) is 0 Å². The van der Waals surface area contributed by atoms with Crippen molar-refractivity contribution in [1.29, 1.82) is 0 Å². The Bertz CT molecular complexity index is 381. The summed E-state index contributed by atoms with van der Waals surface area (Å²) in [5.41, 5.74) is 6.38. The van der Waals surface area contributed by atoms with Crippen molar-refractivity contribution in [3.8, 4) is 0 Å². The zero-order valence-corrected chi connectivity index (χ0v) is 10.5. The molecule has 1 heterocycles. The molecule has 1 aliphatic heterocycles. The Morgan fingerprint density at radius 3 is 2.89 bits per heavy atom. The van der Waals surface area contributed by atoms with Gasteiger partial charge in [-0.3, -0.25) is 9.69 Å². The van der Waals surface area contributed by atoms with Crippen LogP contribution in [0.2, 0.25) is 0 Å². The van der Waals surface area contributed by atoms with Crippen LogP contribution < -0.4 is 5.73 Å². The van der Waals surface area contributed by atoms with E-state index in [4.69, 9.17) is 10.5 Å². The van der Waals surface area contributed by atoms with Crippen molar-refractivity contribution >= 4 is 5.91 Å². The van der Waals surface area contributed by atoms with E-state index in [-0.39, 0.29) is 5.91 Å². The Hall–Kier alpha value is -1.39. The van der Waals surface area contributed by atoms with Gasteiger partial charge >= 0.3 is 0 Å². The fraction of sp³-hybridized carbons (Fsp3) is 0.500. The summed E-state index contributed by atoms with van der Waals surface area (Å²) in [5.74, 6) is 0.272. The first-order valence-corrected chi connectivity index (χ1v) is 6.36. The fourth-order valence-electron chi connectivity index (χ4n) is 2.33. The molecule has 98 valence electrons. The second-order valence-corrected chi connectivity index (χ2v) is 4.86. The molecule has 18 heavy (non-hydrogen) atoms. The fourth-order valence-corrected chi connectivity index (χ4v) is 2.33. The number of amides is 1. The first-order chi connectivity index (χ1) is 8.74. The van der Waals surface area contributed by atoms with Gasteiger partial charge in [0.15, 0.2) is 0 Å². The van der Waals surface area contributed by atoms with Gasteiger partial charge in [-0.05, 0) is 24.4 Å². The quantitative estimate of drug-likeness (QED) is 0.817. The molecule has 0 spiro atoms. The Kier molecular flexibility index (Phi) is 4.73. The highest BCUT2D eigenvalue weighted by atomic mass is 16.5. The van der Waals surface area contributed by atoms with E-state index in [2.05, 4.69) is 17.0 Å². The van der Waals surface area contributed by atoms with Crippen LogP contribution in [0.25, 0.3) is 0 Å². The van der Waals surface area contributed by atoms with Gasteiger partial charge in [-0.15, -0.1) is 0 Å². The molecule has 0 saturated carbocycles. The van der Waals surface area contributed by atoms with Gasteiger partial charge in [0.05, 0.1) is 19.8 Å². The lowest BCUT2D eigenvalue weighted by Crippen LogP contribution is -2.32. The summed E-state index contributed by atoms with van der Waals surface area (Å²) in [6, 6.07) is 10.2. The Labute approximate surface area is 108 Å². The molecule has 1 amide bonds. The van der Waals surface area contributed by atoms with Crippen LogP contribution in [0.15, 0.2) is 30.3 Å². The third-order valence-electron chi connectivity index (χ3n) is 3.21. The number of primary amides is 1. The maximum atomic E-state index is 10.8. The van der Waals surface area contributed by atoms with Crippen molar-refractivity contribution in [2.45, 2.75) is 13.0 Å². The number of ether oxygens (including phenoxy) is 1. The zero-order valence-electron chi connectivity index (χ0n) is 10.5. The summed E-state index contributed by atoms with van der Waals surface area (Å²) in [6.07, 6.45) is 1.09. The Morgan fingerprint density at radius 2 is 2.17 bits per heavy atom. The summed E-state index contributed by atoms with van der Waals surface area (Å²) in [6.45, 7) is 3.65. The topological polar surface area (TPSA) is 55.6 Å². The molecule has 1 unspecified atom stereocenters. The van der Waals surface area contributed by atoms with E-state index in [1.165, 1.54) is 5.56 Å². The molecule has 1 aromatic carbocycles. The van der Waals surface area contributed by atoms with Crippen LogP contribution >= 0.6 is 0 Å². The van der Waals surface area contributed by atoms with Crippen molar-refractivity contribution < 1.29 is 9.53 Å². The van der Waals surface area contributed by atoms with Crippen LogP contribution in [-0.4, -0.2) is 37.0 Å². The van der Waals surface area contributed by atoms with Crippen LogP contribution in [0, 0.1) is 5.92 Å². The molecule has 1 aliphatic rings. The summed E-state index contributed by atoms with van der Waals surface area (Å²) in [4.78, 5) is 12.9. The van der Waals surface area contributed by atoms with E-state index in [9.17, 15) is 4.79 Å². The SMILES string of the molecule is NC(=O)CN1CCC(COCc2ccccc2)C1. The smallest absolute Gasteiger partial charge is 0.231 e. The number of rotatable bonds is 6. The van der Waals surface area contributed by atoms with Crippen LogP contribution in [0.5, 0.6) is 0 Å². The van der Waals surface area contributed by atoms with Crippen molar-refractivity contribution in [2.24, 2.45) is 11.7 Å². The lowest BCUT2D eigenvalue weighted by molar-refractivity contribution is -0.118. The van der Waals surface area contributed by atoms with E-state index >= 15 is 0 Å². The van der Waals surface area contributed by atoms with Crippen molar-refractivity contribution in [1.82, 2.24) is 4.90 Å². The Morgan fingerprint density at radius 1 is 1.39 bits per heavy atom. The highest BCUT2D eigenvalue weighted by Crippen LogP contribution is 2.16. The molecule has 1 atom stereocenters. The molecule has 0 bridgehead atoms. The predicted molar refractivity (Wildman–Crippen MR) is 69.8 cm³/mol. The second kappa shape index (κ2) is 6.52. The minimum atomic E-state index is -0.249.